The van der Waals surface area contributed by atoms with E-state index >= 15 is 0 Å². The van der Waals surface area contributed by atoms with Crippen molar-refractivity contribution in [2.75, 3.05) is 24.0 Å². The second-order valence-electron chi connectivity index (χ2n) is 17.6. The lowest BCUT2D eigenvalue weighted by molar-refractivity contribution is 0.566. The molecule has 78 heavy (non-hydrogen) atoms. The zero-order valence-electron chi connectivity index (χ0n) is 41.4. The first-order valence-electron chi connectivity index (χ1n) is 23.6. The fourth-order valence-corrected chi connectivity index (χ4v) is 9.87. The number of rotatable bonds is 10. The fourth-order valence-electron chi connectivity index (χ4n) is 9.14. The Labute approximate surface area is 447 Å². The summed E-state index contributed by atoms with van der Waals surface area (Å²) in [6, 6.07) is 22.7. The van der Waals surface area contributed by atoms with E-state index in [4.69, 9.17) is 31.6 Å². The molecular formula is C54H40F4N16O2S2. The molecule has 24 heteroatoms. The highest BCUT2D eigenvalue weighted by Crippen LogP contribution is 2.37. The number of halogens is 4. The maximum atomic E-state index is 14.3. The van der Waals surface area contributed by atoms with Crippen LogP contribution in [0.3, 0.4) is 0 Å². The topological polar surface area (TPSA) is 234 Å². The van der Waals surface area contributed by atoms with Gasteiger partial charge in [0.05, 0.1) is 55.4 Å². The van der Waals surface area contributed by atoms with Crippen molar-refractivity contribution < 1.29 is 17.6 Å². The Hall–Kier alpha value is -9.42. The molecule has 2 aromatic carbocycles. The Balaban J connectivity index is 0.000000165. The predicted molar refractivity (Wildman–Crippen MR) is 291 cm³/mol. The minimum atomic E-state index is -0.671. The van der Waals surface area contributed by atoms with Gasteiger partial charge in [0, 0.05) is 35.9 Å². The average Bonchev–Trinajstić information content (AvgIpc) is 4.13. The maximum Gasteiger partial charge on any atom is 0.266 e. The molecule has 0 aliphatic carbocycles. The van der Waals surface area contributed by atoms with E-state index in [1.54, 1.807) is 47.7 Å². The number of nitrogens with zero attached hydrogens (tertiary/aromatic N) is 14. The van der Waals surface area contributed by atoms with Crippen LogP contribution in [0.5, 0.6) is 0 Å². The summed E-state index contributed by atoms with van der Waals surface area (Å²) in [7, 11) is 0. The Morgan fingerprint density at radius 1 is 0.500 bits per heavy atom. The third-order valence-electron chi connectivity index (χ3n) is 12.9. The number of hydrogen-bond donors (Lipinski definition) is 2. The van der Waals surface area contributed by atoms with Crippen molar-refractivity contribution in [1.29, 1.82) is 0 Å². The van der Waals surface area contributed by atoms with Crippen LogP contribution in [-0.4, -0.2) is 80.7 Å². The molecule has 0 aliphatic rings. The summed E-state index contributed by atoms with van der Waals surface area (Å²) in [6.07, 6.45) is 12.0. The number of anilines is 2. The molecule has 10 heterocycles. The summed E-state index contributed by atoms with van der Waals surface area (Å²) in [5.41, 5.74) is 16.6. The largest absolute Gasteiger partial charge is 0.383 e. The van der Waals surface area contributed by atoms with E-state index < -0.39 is 46.5 Å². The summed E-state index contributed by atoms with van der Waals surface area (Å²) in [5, 5.41) is 12.4. The van der Waals surface area contributed by atoms with Gasteiger partial charge >= 0.3 is 0 Å². The number of hydrogen-bond acceptors (Lipinski definition) is 16. The van der Waals surface area contributed by atoms with Crippen LogP contribution in [0.2, 0.25) is 0 Å². The summed E-state index contributed by atoms with van der Waals surface area (Å²) in [5.74, 6) is -1.79. The molecular weight excluding hydrogens is 1040 g/mol. The Morgan fingerprint density at radius 2 is 0.923 bits per heavy atom. The number of aromatic nitrogens is 14. The molecule has 2 atom stereocenters. The molecule has 12 rings (SSSR count). The van der Waals surface area contributed by atoms with Crippen molar-refractivity contribution in [3.8, 4) is 44.8 Å². The van der Waals surface area contributed by atoms with Gasteiger partial charge in [-0.15, -0.1) is 23.5 Å². The van der Waals surface area contributed by atoms with E-state index in [0.29, 0.717) is 67.1 Å². The van der Waals surface area contributed by atoms with Gasteiger partial charge in [-0.05, 0) is 110 Å². The van der Waals surface area contributed by atoms with Crippen LogP contribution in [0.15, 0.2) is 154 Å². The van der Waals surface area contributed by atoms with Crippen molar-refractivity contribution in [2.24, 2.45) is 0 Å². The number of thioether (sulfide) groups is 2. The van der Waals surface area contributed by atoms with Crippen molar-refractivity contribution in [1.82, 2.24) is 68.2 Å². The fraction of sp³-hybridized carbons (Fsp3) is 0.111. The normalized spacial score (nSPS) is 12.3. The Bertz CT molecular complexity index is 4160. The van der Waals surface area contributed by atoms with Gasteiger partial charge in [-0.25, -0.2) is 66.8 Å². The predicted octanol–water partition coefficient (Wildman–Crippen LogP) is 9.51. The van der Waals surface area contributed by atoms with Gasteiger partial charge in [0.1, 0.15) is 70.2 Å². The van der Waals surface area contributed by atoms with Gasteiger partial charge < -0.3 is 11.5 Å². The molecule has 10 aromatic heterocycles. The van der Waals surface area contributed by atoms with E-state index in [9.17, 15) is 27.2 Å². The minimum absolute atomic E-state index is 0.114. The number of nitrogen functional groups attached to an aromatic ring is 2. The van der Waals surface area contributed by atoms with Crippen molar-refractivity contribution >= 4 is 68.5 Å². The summed E-state index contributed by atoms with van der Waals surface area (Å²) >= 11 is 3.03. The molecule has 0 fully saturated rings. The molecule has 0 radical (unpaired) electrons. The second-order valence-corrected chi connectivity index (χ2v) is 19.2. The average molecular weight is 1090 g/mol. The smallest absolute Gasteiger partial charge is 0.266 e. The van der Waals surface area contributed by atoms with Crippen LogP contribution in [0, 0.1) is 23.3 Å². The van der Waals surface area contributed by atoms with Crippen LogP contribution < -0.4 is 22.6 Å². The van der Waals surface area contributed by atoms with Crippen molar-refractivity contribution in [3.63, 3.8) is 0 Å². The third kappa shape index (κ3) is 9.18. The second kappa shape index (κ2) is 20.6. The van der Waals surface area contributed by atoms with Crippen molar-refractivity contribution in [2.45, 2.75) is 36.0 Å². The van der Waals surface area contributed by atoms with Gasteiger partial charge in [0.2, 0.25) is 0 Å². The standard InChI is InChI=1S/2C27H20F2N8OS/c2*1-14(37-26-22(25(30)32-13-33-26)24(35-37)16-6-9-20(39-2)31-11-16)23-21(15-4-3-5-17(28)10-15)27(38)36-12-18(29)7-8-19(36)34-23/h2*3-14H,1-2H3,(H2,30,32,33)/t2*14-/m10/s1. The van der Waals surface area contributed by atoms with Crippen LogP contribution in [-0.2, 0) is 0 Å². The summed E-state index contributed by atoms with van der Waals surface area (Å²) in [6.45, 7) is 3.60. The Kier molecular flexibility index (Phi) is 13.4. The first-order chi connectivity index (χ1) is 37.7. The first-order valence-corrected chi connectivity index (χ1v) is 26.1. The molecule has 0 aliphatic heterocycles. The number of fused-ring (bicyclic) bond motifs is 4. The number of benzene rings is 2. The van der Waals surface area contributed by atoms with Gasteiger partial charge in [0.15, 0.2) is 11.3 Å². The lowest BCUT2D eigenvalue weighted by atomic mass is 10.0. The summed E-state index contributed by atoms with van der Waals surface area (Å²) < 4.78 is 62.1. The molecule has 12 aromatic rings. The third-order valence-corrected chi connectivity index (χ3v) is 14.2. The quantitative estimate of drug-likeness (QED) is 0.0958. The molecule has 0 spiro atoms. The van der Waals surface area contributed by atoms with Gasteiger partial charge in [-0.1, -0.05) is 24.3 Å². The van der Waals surface area contributed by atoms with E-state index in [2.05, 4.69) is 29.9 Å². The molecule has 0 unspecified atom stereocenters. The van der Waals surface area contributed by atoms with Gasteiger partial charge in [-0.3, -0.25) is 18.4 Å². The number of nitrogens with two attached hydrogens (primary N) is 2. The lowest BCUT2D eigenvalue weighted by Gasteiger charge is -2.18. The molecule has 0 saturated heterocycles. The van der Waals surface area contributed by atoms with Gasteiger partial charge in [-0.2, -0.15) is 10.2 Å². The monoisotopic (exact) mass is 1080 g/mol. The lowest BCUT2D eigenvalue weighted by Crippen LogP contribution is -2.23. The molecule has 0 saturated carbocycles. The van der Waals surface area contributed by atoms with Gasteiger partial charge in [0.25, 0.3) is 11.1 Å². The van der Waals surface area contributed by atoms with Crippen LogP contribution in [0.25, 0.3) is 78.1 Å². The minimum Gasteiger partial charge on any atom is -0.383 e. The van der Waals surface area contributed by atoms with E-state index in [1.165, 1.54) is 96.8 Å². The Morgan fingerprint density at radius 3 is 1.29 bits per heavy atom. The van der Waals surface area contributed by atoms with Crippen molar-refractivity contribution in [3.05, 3.63) is 190 Å². The highest BCUT2D eigenvalue weighted by molar-refractivity contribution is 7.98. The van der Waals surface area contributed by atoms with Crippen LogP contribution >= 0.6 is 23.5 Å². The first kappa shape index (κ1) is 50.7. The summed E-state index contributed by atoms with van der Waals surface area (Å²) in [4.78, 5) is 62.9. The van der Waals surface area contributed by atoms with E-state index in [0.717, 1.165) is 31.2 Å². The molecule has 0 bridgehead atoms. The zero-order valence-corrected chi connectivity index (χ0v) is 43.0. The highest BCUT2D eigenvalue weighted by Gasteiger charge is 2.29. The van der Waals surface area contributed by atoms with Crippen LogP contribution in [0.1, 0.15) is 37.3 Å². The van der Waals surface area contributed by atoms with E-state index in [-0.39, 0.29) is 34.1 Å². The molecule has 388 valence electrons. The molecule has 0 amide bonds. The molecule has 4 N–H and O–H groups in total. The number of pyridine rings is 4. The molecule has 18 nitrogen and oxygen atoms in total. The SMILES string of the molecule is CSc1ccc(-c2nn([C@@H](C)c3nc4ccc(F)cn4c(=O)c3-c3cccc(F)c3)c3ncnc(N)c23)cn1.CSc1ccc(-c2nn([C@H](C)c3nc4ccc(F)cn4c(=O)c3-c3cccc(F)c3)c3ncnc(N)c23)cn1. The maximum absolute atomic E-state index is 14.3. The zero-order chi connectivity index (χ0) is 54.5. The highest BCUT2D eigenvalue weighted by atomic mass is 32.2. The van der Waals surface area contributed by atoms with Crippen LogP contribution in [0.4, 0.5) is 29.2 Å². The van der Waals surface area contributed by atoms with E-state index in [1.807, 2.05) is 36.8 Å².